The molecule has 0 spiro atoms. The summed E-state index contributed by atoms with van der Waals surface area (Å²) in [4.78, 5) is 17.0. The van der Waals surface area contributed by atoms with Crippen molar-refractivity contribution < 1.29 is 13.9 Å². The molecule has 0 bridgehead atoms. The predicted octanol–water partition coefficient (Wildman–Crippen LogP) is 2.27. The smallest absolute Gasteiger partial charge is 0.300 e. The van der Waals surface area contributed by atoms with Crippen LogP contribution < -0.4 is 4.80 Å². The second-order valence-corrected chi connectivity index (χ2v) is 6.34. The quantitative estimate of drug-likeness (QED) is 0.727. The molecule has 8 heteroatoms. The van der Waals surface area contributed by atoms with E-state index in [-0.39, 0.29) is 11.5 Å². The number of methoxy groups -OCH3 is 1. The van der Waals surface area contributed by atoms with Gasteiger partial charge in [0.15, 0.2) is 10.5 Å². The summed E-state index contributed by atoms with van der Waals surface area (Å²) in [6.45, 7) is 2.66. The standard InChI is InChI=1S/C16H17FN4O2S/c1-10-9-12(19-20(10)2)15(22)18-16-21(7-8-23-3)14-11(17)5-4-6-13(14)24-16/h4-6,9H,7-8H2,1-3H3. The van der Waals surface area contributed by atoms with Crippen molar-refractivity contribution in [1.29, 1.82) is 0 Å². The van der Waals surface area contributed by atoms with Crippen LogP contribution in [0.1, 0.15) is 16.2 Å². The summed E-state index contributed by atoms with van der Waals surface area (Å²) < 4.78 is 23.3. The van der Waals surface area contributed by atoms with E-state index in [2.05, 4.69) is 10.1 Å². The first-order valence-corrected chi connectivity index (χ1v) is 8.19. The second kappa shape index (κ2) is 6.66. The lowest BCUT2D eigenvalue weighted by Gasteiger charge is -2.04. The van der Waals surface area contributed by atoms with Crippen LogP contribution in [-0.4, -0.2) is 34.0 Å². The summed E-state index contributed by atoms with van der Waals surface area (Å²) in [6.07, 6.45) is 0. The normalized spacial score (nSPS) is 12.2. The highest BCUT2D eigenvalue weighted by molar-refractivity contribution is 7.16. The van der Waals surface area contributed by atoms with Crippen molar-refractivity contribution in [2.45, 2.75) is 13.5 Å². The number of thiazole rings is 1. The number of carbonyl (C=O) groups is 1. The Balaban J connectivity index is 2.13. The average molecular weight is 348 g/mol. The molecule has 0 N–H and O–H groups in total. The number of benzene rings is 1. The third kappa shape index (κ3) is 3.02. The lowest BCUT2D eigenvalue weighted by atomic mass is 10.3. The van der Waals surface area contributed by atoms with Crippen LogP contribution in [0.5, 0.6) is 0 Å². The number of ether oxygens (including phenoxy) is 1. The minimum Gasteiger partial charge on any atom is -0.383 e. The maximum atomic E-state index is 14.2. The Morgan fingerprint density at radius 1 is 1.46 bits per heavy atom. The molecule has 1 aromatic carbocycles. The van der Waals surface area contributed by atoms with Gasteiger partial charge in [-0.1, -0.05) is 17.4 Å². The van der Waals surface area contributed by atoms with Crippen molar-refractivity contribution in [2.75, 3.05) is 13.7 Å². The lowest BCUT2D eigenvalue weighted by molar-refractivity contribution is 0.0992. The van der Waals surface area contributed by atoms with E-state index in [1.807, 2.05) is 6.92 Å². The fourth-order valence-electron chi connectivity index (χ4n) is 2.37. The topological polar surface area (TPSA) is 61.4 Å². The van der Waals surface area contributed by atoms with E-state index in [4.69, 9.17) is 4.74 Å². The molecule has 3 rings (SSSR count). The van der Waals surface area contributed by atoms with Gasteiger partial charge in [-0.15, -0.1) is 0 Å². The van der Waals surface area contributed by atoms with Crippen LogP contribution in [0.2, 0.25) is 0 Å². The Labute approximate surface area is 141 Å². The summed E-state index contributed by atoms with van der Waals surface area (Å²) in [6, 6.07) is 6.52. The maximum Gasteiger partial charge on any atom is 0.300 e. The molecule has 24 heavy (non-hydrogen) atoms. The molecule has 0 unspecified atom stereocenters. The van der Waals surface area contributed by atoms with Gasteiger partial charge >= 0.3 is 0 Å². The minimum absolute atomic E-state index is 0.270. The van der Waals surface area contributed by atoms with Crippen LogP contribution in [-0.2, 0) is 18.3 Å². The third-order valence-corrected chi connectivity index (χ3v) is 4.74. The Bertz CT molecular complexity index is 951. The molecule has 6 nitrogen and oxygen atoms in total. The van der Waals surface area contributed by atoms with Crippen LogP contribution in [0.4, 0.5) is 4.39 Å². The number of para-hydroxylation sites is 1. The minimum atomic E-state index is -0.447. The number of halogens is 1. The molecule has 0 radical (unpaired) electrons. The number of rotatable bonds is 4. The highest BCUT2D eigenvalue weighted by Crippen LogP contribution is 2.20. The lowest BCUT2D eigenvalue weighted by Crippen LogP contribution is -2.20. The van der Waals surface area contributed by atoms with Gasteiger partial charge in [0.1, 0.15) is 5.82 Å². The van der Waals surface area contributed by atoms with Gasteiger partial charge in [0.2, 0.25) is 0 Å². The van der Waals surface area contributed by atoms with Crippen LogP contribution in [0.3, 0.4) is 0 Å². The number of nitrogens with zero attached hydrogens (tertiary/aromatic N) is 4. The molecule has 0 saturated carbocycles. The monoisotopic (exact) mass is 348 g/mol. The fraction of sp³-hybridized carbons (Fsp3) is 0.312. The summed E-state index contributed by atoms with van der Waals surface area (Å²) in [7, 11) is 3.34. The van der Waals surface area contributed by atoms with Crippen LogP contribution in [0.25, 0.3) is 10.2 Å². The zero-order valence-corrected chi connectivity index (χ0v) is 14.4. The van der Waals surface area contributed by atoms with E-state index < -0.39 is 5.91 Å². The third-order valence-electron chi connectivity index (χ3n) is 3.70. The second-order valence-electron chi connectivity index (χ2n) is 5.33. The Kier molecular flexibility index (Phi) is 4.59. The summed E-state index contributed by atoms with van der Waals surface area (Å²) in [5.41, 5.74) is 1.57. The molecule has 1 amide bonds. The summed E-state index contributed by atoms with van der Waals surface area (Å²) in [5.74, 6) is -0.792. The highest BCUT2D eigenvalue weighted by atomic mass is 32.1. The van der Waals surface area contributed by atoms with Gasteiger partial charge in [0, 0.05) is 26.4 Å². The molecule has 0 saturated heterocycles. The van der Waals surface area contributed by atoms with Gasteiger partial charge in [0.25, 0.3) is 5.91 Å². The molecule has 2 aromatic heterocycles. The van der Waals surface area contributed by atoms with Gasteiger partial charge in [-0.25, -0.2) is 4.39 Å². The van der Waals surface area contributed by atoms with E-state index >= 15 is 0 Å². The Morgan fingerprint density at radius 3 is 2.92 bits per heavy atom. The van der Waals surface area contributed by atoms with E-state index in [9.17, 15) is 9.18 Å². The van der Waals surface area contributed by atoms with Crippen molar-refractivity contribution >= 4 is 27.5 Å². The van der Waals surface area contributed by atoms with E-state index in [1.165, 1.54) is 17.4 Å². The van der Waals surface area contributed by atoms with Crippen LogP contribution in [0.15, 0.2) is 29.3 Å². The zero-order chi connectivity index (χ0) is 17.3. The van der Waals surface area contributed by atoms with Crippen molar-refractivity contribution in [3.8, 4) is 0 Å². The number of aromatic nitrogens is 3. The molecule has 2 heterocycles. The number of aryl methyl sites for hydroxylation is 2. The fourth-order valence-corrected chi connectivity index (χ4v) is 3.44. The van der Waals surface area contributed by atoms with Crippen LogP contribution in [0, 0.1) is 12.7 Å². The van der Waals surface area contributed by atoms with E-state index in [0.717, 1.165) is 10.4 Å². The summed E-state index contributed by atoms with van der Waals surface area (Å²) in [5, 5.41) is 4.14. The molecule has 0 aliphatic carbocycles. The number of fused-ring (bicyclic) bond motifs is 1. The van der Waals surface area contributed by atoms with Gasteiger partial charge in [-0.2, -0.15) is 10.1 Å². The first kappa shape index (κ1) is 16.5. The number of carbonyl (C=O) groups excluding carboxylic acids is 1. The molecule has 0 fully saturated rings. The number of amides is 1. The average Bonchev–Trinajstić information content (AvgIpc) is 3.06. The van der Waals surface area contributed by atoms with Crippen molar-refractivity contribution in [3.05, 3.63) is 46.3 Å². The molecular formula is C16H17FN4O2S. The van der Waals surface area contributed by atoms with Gasteiger partial charge < -0.3 is 9.30 Å². The molecule has 0 atom stereocenters. The van der Waals surface area contributed by atoms with Crippen molar-refractivity contribution in [3.63, 3.8) is 0 Å². The van der Waals surface area contributed by atoms with Crippen molar-refractivity contribution in [2.24, 2.45) is 12.0 Å². The summed E-state index contributed by atoms with van der Waals surface area (Å²) >= 11 is 1.27. The van der Waals surface area contributed by atoms with E-state index in [1.54, 1.807) is 41.6 Å². The molecule has 0 aliphatic rings. The van der Waals surface area contributed by atoms with E-state index in [0.29, 0.717) is 23.5 Å². The van der Waals surface area contributed by atoms with Gasteiger partial charge in [0.05, 0.1) is 16.8 Å². The maximum absolute atomic E-state index is 14.2. The SMILES string of the molecule is COCCn1c(=NC(=O)c2cc(C)n(C)n2)sc2cccc(F)c21. The molecular weight excluding hydrogens is 331 g/mol. The zero-order valence-electron chi connectivity index (χ0n) is 13.6. The number of hydrogen-bond donors (Lipinski definition) is 0. The van der Waals surface area contributed by atoms with Crippen molar-refractivity contribution in [1.82, 2.24) is 14.3 Å². The molecule has 0 aliphatic heterocycles. The largest absolute Gasteiger partial charge is 0.383 e. The Morgan fingerprint density at radius 2 is 2.25 bits per heavy atom. The first-order valence-electron chi connectivity index (χ1n) is 7.37. The molecule has 126 valence electrons. The van der Waals surface area contributed by atoms with Gasteiger partial charge in [-0.05, 0) is 25.1 Å². The van der Waals surface area contributed by atoms with Gasteiger partial charge in [-0.3, -0.25) is 9.48 Å². The predicted molar refractivity (Wildman–Crippen MR) is 89.5 cm³/mol. The molecule has 3 aromatic rings. The van der Waals surface area contributed by atoms with Crippen LogP contribution >= 0.6 is 11.3 Å². The first-order chi connectivity index (χ1) is 11.5. The number of hydrogen-bond acceptors (Lipinski definition) is 4. The Hall–Kier alpha value is -2.32. The highest BCUT2D eigenvalue weighted by Gasteiger charge is 2.14.